The molecule has 2 heterocycles. The van der Waals surface area contributed by atoms with Crippen LogP contribution >= 0.6 is 11.3 Å². The number of fused-ring (bicyclic) bond motifs is 1. The van der Waals surface area contributed by atoms with E-state index < -0.39 is 6.10 Å². The monoisotopic (exact) mass is 275 g/mol. The maximum atomic E-state index is 10.4. The van der Waals surface area contributed by atoms with Crippen LogP contribution in [0.5, 0.6) is 5.75 Å². The van der Waals surface area contributed by atoms with Crippen LogP contribution in [0, 0.1) is 0 Å². The third-order valence-corrected chi connectivity index (χ3v) is 4.16. The van der Waals surface area contributed by atoms with Crippen molar-refractivity contribution >= 4 is 11.3 Å². The van der Waals surface area contributed by atoms with Crippen LogP contribution < -0.4 is 4.74 Å². The standard InChI is InChI=1S/C15H17NO2S/c1-15(2)7-10-4-3-5-12(14(10)18-15)13(17)6-11-8-16-9-19-11/h3-5,8-9,13,17H,6-7H2,1-2H3. The summed E-state index contributed by atoms with van der Waals surface area (Å²) in [5, 5.41) is 10.4. The molecule has 1 aliphatic heterocycles. The molecule has 3 nitrogen and oxygen atoms in total. The third-order valence-electron chi connectivity index (χ3n) is 3.36. The second kappa shape index (κ2) is 4.62. The van der Waals surface area contributed by atoms with Crippen LogP contribution in [0.4, 0.5) is 0 Å². The summed E-state index contributed by atoms with van der Waals surface area (Å²) in [5.41, 5.74) is 3.68. The summed E-state index contributed by atoms with van der Waals surface area (Å²) < 4.78 is 5.99. The van der Waals surface area contributed by atoms with Crippen molar-refractivity contribution < 1.29 is 9.84 Å². The van der Waals surface area contributed by atoms with Gasteiger partial charge in [-0.2, -0.15) is 0 Å². The summed E-state index contributed by atoms with van der Waals surface area (Å²) >= 11 is 1.57. The second-order valence-electron chi connectivity index (χ2n) is 5.56. The zero-order valence-corrected chi connectivity index (χ0v) is 11.9. The lowest BCUT2D eigenvalue weighted by atomic mass is 9.98. The molecule has 1 aliphatic rings. The number of nitrogens with zero attached hydrogens (tertiary/aromatic N) is 1. The van der Waals surface area contributed by atoms with E-state index in [1.54, 1.807) is 16.8 Å². The van der Waals surface area contributed by atoms with Crippen molar-refractivity contribution in [1.82, 2.24) is 4.98 Å². The van der Waals surface area contributed by atoms with Gasteiger partial charge in [0.15, 0.2) is 0 Å². The highest BCUT2D eigenvalue weighted by Crippen LogP contribution is 2.40. The van der Waals surface area contributed by atoms with Crippen molar-refractivity contribution in [2.24, 2.45) is 0 Å². The molecule has 0 aliphatic carbocycles. The molecular formula is C15H17NO2S. The van der Waals surface area contributed by atoms with Crippen molar-refractivity contribution in [2.75, 3.05) is 0 Å². The molecule has 0 bridgehead atoms. The number of para-hydroxylation sites is 1. The highest BCUT2D eigenvalue weighted by atomic mass is 32.1. The van der Waals surface area contributed by atoms with Crippen LogP contribution in [0.1, 0.15) is 36.0 Å². The molecule has 0 amide bonds. The molecule has 1 atom stereocenters. The Morgan fingerprint density at radius 2 is 2.32 bits per heavy atom. The van der Waals surface area contributed by atoms with Crippen molar-refractivity contribution in [3.63, 3.8) is 0 Å². The first kappa shape index (κ1) is 12.6. The third kappa shape index (κ3) is 2.51. The maximum absolute atomic E-state index is 10.4. The summed E-state index contributed by atoms with van der Waals surface area (Å²) in [5.74, 6) is 0.865. The normalized spacial score (nSPS) is 17.8. The molecule has 100 valence electrons. The molecule has 1 aromatic carbocycles. The lowest BCUT2D eigenvalue weighted by Gasteiger charge is -2.19. The summed E-state index contributed by atoms with van der Waals surface area (Å²) in [6.45, 7) is 4.15. The van der Waals surface area contributed by atoms with Gasteiger partial charge in [0.05, 0.1) is 11.6 Å². The van der Waals surface area contributed by atoms with E-state index in [4.69, 9.17) is 4.74 Å². The van der Waals surface area contributed by atoms with Crippen LogP contribution in [0.25, 0.3) is 0 Å². The molecule has 1 N–H and O–H groups in total. The lowest BCUT2D eigenvalue weighted by molar-refractivity contribution is 0.126. The zero-order valence-electron chi connectivity index (χ0n) is 11.1. The van der Waals surface area contributed by atoms with E-state index >= 15 is 0 Å². The highest BCUT2D eigenvalue weighted by Gasteiger charge is 2.32. The Hall–Kier alpha value is -1.39. The van der Waals surface area contributed by atoms with E-state index in [-0.39, 0.29) is 5.60 Å². The maximum Gasteiger partial charge on any atom is 0.129 e. The molecule has 19 heavy (non-hydrogen) atoms. The zero-order chi connectivity index (χ0) is 13.5. The van der Waals surface area contributed by atoms with Gasteiger partial charge in [-0.25, -0.2) is 0 Å². The Morgan fingerprint density at radius 3 is 3.05 bits per heavy atom. The van der Waals surface area contributed by atoms with E-state index in [9.17, 15) is 5.11 Å². The van der Waals surface area contributed by atoms with Gasteiger partial charge >= 0.3 is 0 Å². The largest absolute Gasteiger partial charge is 0.487 e. The number of aliphatic hydroxyl groups is 1. The fourth-order valence-corrected chi connectivity index (χ4v) is 3.18. The average Bonchev–Trinajstić information content (AvgIpc) is 2.93. The van der Waals surface area contributed by atoms with Gasteiger partial charge in [-0.3, -0.25) is 4.98 Å². The number of ether oxygens (including phenoxy) is 1. The van der Waals surface area contributed by atoms with Gasteiger partial charge in [-0.1, -0.05) is 18.2 Å². The van der Waals surface area contributed by atoms with Gasteiger partial charge < -0.3 is 9.84 Å². The fourth-order valence-electron chi connectivity index (χ4n) is 2.55. The molecule has 1 aromatic heterocycles. The molecule has 0 spiro atoms. The summed E-state index contributed by atoms with van der Waals surface area (Å²) in [4.78, 5) is 5.13. The fraction of sp³-hybridized carbons (Fsp3) is 0.400. The summed E-state index contributed by atoms with van der Waals surface area (Å²) in [7, 11) is 0. The molecular weight excluding hydrogens is 258 g/mol. The molecule has 0 saturated carbocycles. The summed E-state index contributed by atoms with van der Waals surface area (Å²) in [6, 6.07) is 6.02. The van der Waals surface area contributed by atoms with E-state index in [0.29, 0.717) is 6.42 Å². The Labute approximate surface area is 116 Å². The van der Waals surface area contributed by atoms with Crippen LogP contribution in [0.3, 0.4) is 0 Å². The first-order valence-corrected chi connectivity index (χ1v) is 7.29. The number of thiazole rings is 1. The van der Waals surface area contributed by atoms with Gasteiger partial charge in [0, 0.05) is 29.5 Å². The highest BCUT2D eigenvalue weighted by molar-refractivity contribution is 7.09. The van der Waals surface area contributed by atoms with Gasteiger partial charge in [-0.05, 0) is 19.4 Å². The number of benzene rings is 1. The number of aliphatic hydroxyl groups excluding tert-OH is 1. The quantitative estimate of drug-likeness (QED) is 0.935. The Morgan fingerprint density at radius 1 is 1.47 bits per heavy atom. The van der Waals surface area contributed by atoms with Crippen LogP contribution in [-0.2, 0) is 12.8 Å². The predicted molar refractivity (Wildman–Crippen MR) is 75.6 cm³/mol. The number of rotatable bonds is 3. The first-order valence-electron chi connectivity index (χ1n) is 6.41. The van der Waals surface area contributed by atoms with Crippen molar-refractivity contribution in [1.29, 1.82) is 0 Å². The Bertz CT molecular complexity index is 578. The number of hydrogen-bond donors (Lipinski definition) is 1. The minimum Gasteiger partial charge on any atom is -0.487 e. The predicted octanol–water partition coefficient (Wildman–Crippen LogP) is 3.13. The number of hydrogen-bond acceptors (Lipinski definition) is 4. The number of aromatic nitrogens is 1. The topological polar surface area (TPSA) is 42.4 Å². The van der Waals surface area contributed by atoms with Gasteiger partial charge in [-0.15, -0.1) is 11.3 Å². The molecule has 2 aromatic rings. The minimum absolute atomic E-state index is 0.178. The van der Waals surface area contributed by atoms with Crippen LogP contribution in [-0.4, -0.2) is 15.7 Å². The van der Waals surface area contributed by atoms with Gasteiger partial charge in [0.25, 0.3) is 0 Å². The van der Waals surface area contributed by atoms with Crippen molar-refractivity contribution in [3.8, 4) is 5.75 Å². The first-order chi connectivity index (χ1) is 9.05. The van der Waals surface area contributed by atoms with E-state index in [0.717, 1.165) is 22.6 Å². The average molecular weight is 275 g/mol. The molecule has 1 unspecified atom stereocenters. The Kier molecular flexibility index (Phi) is 3.07. The second-order valence-corrected chi connectivity index (χ2v) is 6.53. The molecule has 0 radical (unpaired) electrons. The molecule has 4 heteroatoms. The molecule has 0 saturated heterocycles. The van der Waals surface area contributed by atoms with Crippen molar-refractivity contribution in [2.45, 2.75) is 38.4 Å². The molecule has 0 fully saturated rings. The van der Waals surface area contributed by atoms with Gasteiger partial charge in [0.2, 0.25) is 0 Å². The van der Waals surface area contributed by atoms with Gasteiger partial charge in [0.1, 0.15) is 11.4 Å². The van der Waals surface area contributed by atoms with Crippen LogP contribution in [0.15, 0.2) is 29.9 Å². The van der Waals surface area contributed by atoms with E-state index in [2.05, 4.69) is 24.9 Å². The SMILES string of the molecule is CC1(C)Cc2cccc(C(O)Cc3cncs3)c2O1. The lowest BCUT2D eigenvalue weighted by Crippen LogP contribution is -2.25. The molecule has 3 rings (SSSR count). The van der Waals surface area contributed by atoms with Crippen LogP contribution in [0.2, 0.25) is 0 Å². The Balaban J connectivity index is 1.88. The van der Waals surface area contributed by atoms with E-state index in [1.165, 1.54) is 5.56 Å². The summed E-state index contributed by atoms with van der Waals surface area (Å²) in [6.07, 6.45) is 2.75. The minimum atomic E-state index is -0.538. The van der Waals surface area contributed by atoms with E-state index in [1.807, 2.05) is 18.3 Å². The smallest absolute Gasteiger partial charge is 0.129 e. The van der Waals surface area contributed by atoms with Crippen molar-refractivity contribution in [3.05, 3.63) is 45.9 Å².